The van der Waals surface area contributed by atoms with Crippen LogP contribution in [-0.2, 0) is 4.79 Å². The van der Waals surface area contributed by atoms with Crippen LogP contribution in [0, 0.1) is 6.92 Å². The Kier molecular flexibility index (Phi) is 3.39. The number of phenolic OH excluding ortho intramolecular Hbond substituents is 1. The van der Waals surface area contributed by atoms with E-state index in [1.165, 1.54) is 0 Å². The SMILES string of the molecule is Cc1cc(C2=NCC(=O)Nc3ccc(Cl)cc32)ccc1O. The van der Waals surface area contributed by atoms with E-state index in [-0.39, 0.29) is 18.2 Å². The van der Waals surface area contributed by atoms with Gasteiger partial charge in [-0.2, -0.15) is 0 Å². The summed E-state index contributed by atoms with van der Waals surface area (Å²) in [7, 11) is 0. The van der Waals surface area contributed by atoms with Crippen LogP contribution in [0.1, 0.15) is 16.7 Å². The Morgan fingerprint density at radius 2 is 2.05 bits per heavy atom. The quantitative estimate of drug-likeness (QED) is 0.850. The van der Waals surface area contributed by atoms with E-state index in [1.54, 1.807) is 30.3 Å². The van der Waals surface area contributed by atoms with Gasteiger partial charge in [0, 0.05) is 16.1 Å². The van der Waals surface area contributed by atoms with Crippen LogP contribution in [0.3, 0.4) is 0 Å². The molecule has 4 nitrogen and oxygen atoms in total. The fraction of sp³-hybridized carbons (Fsp3) is 0.125. The molecule has 5 heteroatoms. The van der Waals surface area contributed by atoms with Gasteiger partial charge >= 0.3 is 0 Å². The number of benzodiazepines with no additional fused rings is 1. The molecule has 2 aromatic carbocycles. The van der Waals surface area contributed by atoms with E-state index in [0.717, 1.165) is 16.7 Å². The van der Waals surface area contributed by atoms with Crippen molar-refractivity contribution in [3.63, 3.8) is 0 Å². The minimum atomic E-state index is -0.163. The Balaban J connectivity index is 2.19. The number of anilines is 1. The van der Waals surface area contributed by atoms with Gasteiger partial charge in [0.2, 0.25) is 5.91 Å². The van der Waals surface area contributed by atoms with E-state index < -0.39 is 0 Å². The van der Waals surface area contributed by atoms with Crippen LogP contribution in [0.25, 0.3) is 0 Å². The fourth-order valence-electron chi connectivity index (χ4n) is 2.30. The van der Waals surface area contributed by atoms with Gasteiger partial charge in [-0.15, -0.1) is 0 Å². The van der Waals surface area contributed by atoms with Crippen LogP contribution in [0.15, 0.2) is 41.4 Å². The average molecular weight is 301 g/mol. The van der Waals surface area contributed by atoms with Gasteiger partial charge in [0.1, 0.15) is 12.3 Å². The smallest absolute Gasteiger partial charge is 0.246 e. The standard InChI is InChI=1S/C16H13ClN2O2/c1-9-6-10(2-5-14(9)20)16-12-7-11(17)3-4-13(12)19-15(21)8-18-16/h2-7,20H,8H2,1H3,(H,19,21). The Morgan fingerprint density at radius 1 is 1.24 bits per heavy atom. The highest BCUT2D eigenvalue weighted by molar-refractivity contribution is 6.32. The molecule has 0 atom stereocenters. The molecule has 0 saturated heterocycles. The van der Waals surface area contributed by atoms with Crippen molar-refractivity contribution < 1.29 is 9.90 Å². The molecule has 3 rings (SSSR count). The number of aliphatic imine (C=N–C) groups is 1. The van der Waals surface area contributed by atoms with Gasteiger partial charge in [0.15, 0.2) is 0 Å². The van der Waals surface area contributed by atoms with Crippen LogP contribution < -0.4 is 5.32 Å². The summed E-state index contributed by atoms with van der Waals surface area (Å²) in [5, 5.41) is 13.0. The molecule has 106 valence electrons. The molecule has 1 aliphatic heterocycles. The van der Waals surface area contributed by atoms with Gasteiger partial charge < -0.3 is 10.4 Å². The summed E-state index contributed by atoms with van der Waals surface area (Å²) in [5.74, 6) is 0.0672. The van der Waals surface area contributed by atoms with Crippen LogP contribution in [0.4, 0.5) is 5.69 Å². The maximum absolute atomic E-state index is 11.7. The zero-order valence-corrected chi connectivity index (χ0v) is 12.1. The van der Waals surface area contributed by atoms with Gasteiger partial charge in [0.25, 0.3) is 0 Å². The summed E-state index contributed by atoms with van der Waals surface area (Å²) in [6.45, 7) is 1.87. The number of amides is 1. The molecule has 0 fully saturated rings. The highest BCUT2D eigenvalue weighted by atomic mass is 35.5. The largest absolute Gasteiger partial charge is 0.508 e. The summed E-state index contributed by atoms with van der Waals surface area (Å²) in [5.41, 5.74) is 3.74. The zero-order valence-electron chi connectivity index (χ0n) is 11.4. The van der Waals surface area contributed by atoms with Crippen molar-refractivity contribution in [2.45, 2.75) is 6.92 Å². The first-order valence-corrected chi connectivity index (χ1v) is 6.86. The van der Waals surface area contributed by atoms with Crippen molar-refractivity contribution >= 4 is 28.9 Å². The average Bonchev–Trinajstić information content (AvgIpc) is 2.60. The van der Waals surface area contributed by atoms with Gasteiger partial charge in [-0.05, 0) is 48.9 Å². The third-order valence-corrected chi connectivity index (χ3v) is 3.60. The number of hydrogen-bond donors (Lipinski definition) is 2. The van der Waals surface area contributed by atoms with E-state index in [9.17, 15) is 9.90 Å². The lowest BCUT2D eigenvalue weighted by Crippen LogP contribution is -2.13. The van der Waals surface area contributed by atoms with Crippen molar-refractivity contribution in [3.05, 3.63) is 58.1 Å². The Hall–Kier alpha value is -2.33. The number of aryl methyl sites for hydroxylation is 1. The second-order valence-electron chi connectivity index (χ2n) is 4.90. The number of nitrogens with zero attached hydrogens (tertiary/aromatic N) is 1. The topological polar surface area (TPSA) is 61.7 Å². The predicted octanol–water partition coefficient (Wildman–Crippen LogP) is 3.14. The molecule has 1 heterocycles. The minimum Gasteiger partial charge on any atom is -0.508 e. The molecule has 21 heavy (non-hydrogen) atoms. The Bertz CT molecular complexity index is 769. The van der Waals surface area contributed by atoms with E-state index >= 15 is 0 Å². The van der Waals surface area contributed by atoms with Gasteiger partial charge in [0.05, 0.1) is 11.4 Å². The number of aromatic hydroxyl groups is 1. The summed E-state index contributed by atoms with van der Waals surface area (Å²) in [6, 6.07) is 10.5. The number of phenols is 1. The lowest BCUT2D eigenvalue weighted by molar-refractivity contribution is -0.114. The van der Waals surface area contributed by atoms with E-state index in [2.05, 4.69) is 10.3 Å². The molecule has 0 bridgehead atoms. The van der Waals surface area contributed by atoms with Crippen molar-refractivity contribution in [1.82, 2.24) is 0 Å². The molecule has 2 N–H and O–H groups in total. The van der Waals surface area contributed by atoms with Crippen LogP contribution in [-0.4, -0.2) is 23.3 Å². The number of rotatable bonds is 1. The minimum absolute atomic E-state index is 0.0571. The first-order valence-electron chi connectivity index (χ1n) is 6.49. The Morgan fingerprint density at radius 3 is 2.81 bits per heavy atom. The van der Waals surface area contributed by atoms with E-state index in [1.807, 2.05) is 13.0 Å². The van der Waals surface area contributed by atoms with Crippen LogP contribution >= 0.6 is 11.6 Å². The fourth-order valence-corrected chi connectivity index (χ4v) is 2.47. The summed E-state index contributed by atoms with van der Waals surface area (Å²) >= 11 is 6.07. The van der Waals surface area contributed by atoms with Crippen LogP contribution in [0.5, 0.6) is 5.75 Å². The summed E-state index contributed by atoms with van der Waals surface area (Å²) in [4.78, 5) is 16.1. The molecular weight excluding hydrogens is 288 g/mol. The monoisotopic (exact) mass is 300 g/mol. The number of halogens is 1. The first-order chi connectivity index (χ1) is 10.0. The maximum atomic E-state index is 11.7. The van der Waals surface area contributed by atoms with Crippen molar-refractivity contribution in [3.8, 4) is 5.75 Å². The number of carbonyl (C=O) groups excluding carboxylic acids is 1. The molecular formula is C16H13ClN2O2. The molecule has 0 unspecified atom stereocenters. The van der Waals surface area contributed by atoms with Crippen molar-refractivity contribution in [2.75, 3.05) is 11.9 Å². The van der Waals surface area contributed by atoms with Crippen molar-refractivity contribution in [2.24, 2.45) is 4.99 Å². The highest BCUT2D eigenvalue weighted by Crippen LogP contribution is 2.27. The van der Waals surface area contributed by atoms with E-state index in [4.69, 9.17) is 11.6 Å². The number of carbonyl (C=O) groups is 1. The highest BCUT2D eigenvalue weighted by Gasteiger charge is 2.18. The molecule has 0 saturated carbocycles. The van der Waals surface area contributed by atoms with Gasteiger partial charge in [-0.1, -0.05) is 11.6 Å². The molecule has 1 aliphatic rings. The third kappa shape index (κ3) is 2.62. The third-order valence-electron chi connectivity index (χ3n) is 3.36. The molecule has 2 aromatic rings. The molecule has 0 aromatic heterocycles. The number of fused-ring (bicyclic) bond motifs is 1. The molecule has 0 radical (unpaired) electrons. The number of benzene rings is 2. The van der Waals surface area contributed by atoms with Crippen LogP contribution in [0.2, 0.25) is 5.02 Å². The lowest BCUT2D eigenvalue weighted by atomic mass is 9.99. The molecule has 0 aliphatic carbocycles. The van der Waals surface area contributed by atoms with E-state index in [0.29, 0.717) is 16.4 Å². The number of hydrogen-bond acceptors (Lipinski definition) is 3. The predicted molar refractivity (Wildman–Crippen MR) is 83.4 cm³/mol. The Labute approximate surface area is 127 Å². The van der Waals surface area contributed by atoms with Gasteiger partial charge in [-0.3, -0.25) is 9.79 Å². The van der Waals surface area contributed by atoms with Crippen molar-refractivity contribution in [1.29, 1.82) is 0 Å². The summed E-state index contributed by atoms with van der Waals surface area (Å²) < 4.78 is 0. The number of nitrogens with one attached hydrogen (secondary N) is 1. The maximum Gasteiger partial charge on any atom is 0.246 e. The van der Waals surface area contributed by atoms with Gasteiger partial charge in [-0.25, -0.2) is 0 Å². The molecule has 1 amide bonds. The lowest BCUT2D eigenvalue weighted by Gasteiger charge is -2.11. The zero-order chi connectivity index (χ0) is 15.0. The normalized spacial score (nSPS) is 14.0. The second-order valence-corrected chi connectivity index (χ2v) is 5.34. The first kappa shape index (κ1) is 13.6. The molecule has 0 spiro atoms. The summed E-state index contributed by atoms with van der Waals surface area (Å²) in [6.07, 6.45) is 0. The second kappa shape index (κ2) is 5.22.